The number of ketones is 2. The first kappa shape index (κ1) is 20.0. The van der Waals surface area contributed by atoms with E-state index in [1.54, 1.807) is 12.1 Å². The Morgan fingerprint density at radius 1 is 1.16 bits per heavy atom. The lowest BCUT2D eigenvalue weighted by atomic mass is 9.68. The van der Waals surface area contributed by atoms with Crippen molar-refractivity contribution in [2.75, 3.05) is 0 Å². The second-order valence-electron chi connectivity index (χ2n) is 7.69. The number of aromatic hydroxyl groups is 1. The predicted molar refractivity (Wildman–Crippen MR) is 116 cm³/mol. The second kappa shape index (κ2) is 6.80. The molecule has 3 aliphatic rings. The van der Waals surface area contributed by atoms with Gasteiger partial charge < -0.3 is 5.11 Å². The van der Waals surface area contributed by atoms with Crippen molar-refractivity contribution in [1.82, 2.24) is 13.9 Å². The van der Waals surface area contributed by atoms with Gasteiger partial charge in [-0.1, -0.05) is 17.7 Å². The number of benzene rings is 1. The molecule has 0 saturated heterocycles. The largest absolute Gasteiger partial charge is 0.508 e. The number of halogens is 2. The van der Waals surface area contributed by atoms with Gasteiger partial charge in [-0.25, -0.2) is 23.5 Å². The number of Topliss-reactive ketones (excluding diaryl/α,β-unsaturated/α-hetero) is 1. The molecule has 1 aromatic carbocycles. The van der Waals surface area contributed by atoms with Crippen molar-refractivity contribution in [1.29, 1.82) is 0 Å². The highest BCUT2D eigenvalue weighted by molar-refractivity contribution is 9.12. The van der Waals surface area contributed by atoms with Gasteiger partial charge in [0, 0.05) is 47.2 Å². The van der Waals surface area contributed by atoms with Crippen LogP contribution in [0.2, 0.25) is 5.02 Å². The molecule has 2 aromatic rings. The van der Waals surface area contributed by atoms with E-state index in [9.17, 15) is 24.3 Å². The SMILES string of the molecule is Cn1c(=O)n2n(c1=O)[C@@H]1CC3=C(C(=O)C=C(Br)C3=O)[C@@H](c3cc(Cl)ccc3O)C1=CC2. The van der Waals surface area contributed by atoms with E-state index in [4.69, 9.17) is 11.6 Å². The zero-order chi connectivity index (χ0) is 22.2. The minimum absolute atomic E-state index is 0.0792. The molecule has 0 bridgehead atoms. The van der Waals surface area contributed by atoms with E-state index in [2.05, 4.69) is 15.9 Å². The monoisotopic (exact) mass is 503 g/mol. The maximum Gasteiger partial charge on any atom is 0.347 e. The number of nitrogens with zero attached hydrogens (tertiary/aromatic N) is 3. The predicted octanol–water partition coefficient (Wildman–Crippen LogP) is 2.10. The summed E-state index contributed by atoms with van der Waals surface area (Å²) in [6.07, 6.45) is 3.09. The van der Waals surface area contributed by atoms with Crippen LogP contribution in [0.25, 0.3) is 0 Å². The van der Waals surface area contributed by atoms with E-state index >= 15 is 0 Å². The van der Waals surface area contributed by atoms with Crippen LogP contribution in [0, 0.1) is 0 Å². The average Bonchev–Trinajstić information content (AvgIpc) is 2.96. The molecule has 8 nitrogen and oxygen atoms in total. The Kier molecular flexibility index (Phi) is 4.39. The first-order valence-electron chi connectivity index (χ1n) is 9.46. The zero-order valence-electron chi connectivity index (χ0n) is 16.1. The Hall–Kier alpha value is -2.91. The summed E-state index contributed by atoms with van der Waals surface area (Å²) in [7, 11) is 1.39. The zero-order valence-corrected chi connectivity index (χ0v) is 18.5. The van der Waals surface area contributed by atoms with Crippen LogP contribution in [0.15, 0.2) is 61.1 Å². The van der Waals surface area contributed by atoms with Crippen molar-refractivity contribution in [2.45, 2.75) is 24.9 Å². The fraction of sp³-hybridized carbons (Fsp3) is 0.238. The summed E-state index contributed by atoms with van der Waals surface area (Å²) >= 11 is 9.33. The number of hydrogen-bond donors (Lipinski definition) is 1. The van der Waals surface area contributed by atoms with Gasteiger partial charge in [-0.3, -0.25) is 9.59 Å². The number of phenolic OH excluding ortho intramolecular Hbond substituents is 1. The molecule has 2 atom stereocenters. The van der Waals surface area contributed by atoms with E-state index in [-0.39, 0.29) is 45.9 Å². The van der Waals surface area contributed by atoms with Crippen molar-refractivity contribution >= 4 is 39.1 Å². The fourth-order valence-corrected chi connectivity index (χ4v) is 5.33. The second-order valence-corrected chi connectivity index (χ2v) is 8.98. The molecule has 2 aliphatic carbocycles. The summed E-state index contributed by atoms with van der Waals surface area (Å²) in [4.78, 5) is 51.3. The molecular formula is C21H15BrClN3O5. The lowest BCUT2D eigenvalue weighted by Gasteiger charge is -2.39. The summed E-state index contributed by atoms with van der Waals surface area (Å²) in [5.74, 6) is -1.58. The Labute approximate surface area is 188 Å². The quantitative estimate of drug-likeness (QED) is 0.473. The molecule has 10 heteroatoms. The molecule has 0 fully saturated rings. The van der Waals surface area contributed by atoms with E-state index in [0.29, 0.717) is 16.2 Å². The highest BCUT2D eigenvalue weighted by Gasteiger charge is 2.45. The molecule has 0 unspecified atom stereocenters. The minimum atomic E-state index is -0.781. The maximum absolute atomic E-state index is 13.0. The summed E-state index contributed by atoms with van der Waals surface area (Å²) in [5.41, 5.74) is 0.563. The van der Waals surface area contributed by atoms with Crippen LogP contribution >= 0.6 is 27.5 Å². The highest BCUT2D eigenvalue weighted by atomic mass is 79.9. The average molecular weight is 505 g/mol. The number of carbonyl (C=O) groups excluding carboxylic acids is 2. The molecule has 0 saturated carbocycles. The molecule has 1 N–H and O–H groups in total. The standard InChI is InChI=1S/C21H15BrClN3O5/c1-24-20(30)25-5-4-10-14(26(25)21(24)31)7-12-18(16(28)8-13(22)19(12)29)17(10)11-6-9(23)2-3-15(11)27/h2-4,6,8,14,17,27H,5,7H2,1H3/t14-,17-/m1/s1. The number of fused-ring (bicyclic) bond motifs is 3. The van der Waals surface area contributed by atoms with Gasteiger partial charge in [-0.2, -0.15) is 0 Å². The minimum Gasteiger partial charge on any atom is -0.508 e. The number of aromatic nitrogens is 3. The van der Waals surface area contributed by atoms with Gasteiger partial charge in [-0.05, 0) is 39.7 Å². The number of allylic oxidation sites excluding steroid dienone is 6. The number of rotatable bonds is 1. The Morgan fingerprint density at radius 2 is 1.90 bits per heavy atom. The molecule has 5 rings (SSSR count). The van der Waals surface area contributed by atoms with Crippen molar-refractivity contribution in [2.24, 2.45) is 7.05 Å². The van der Waals surface area contributed by atoms with E-state index < -0.39 is 23.3 Å². The lowest BCUT2D eigenvalue weighted by molar-refractivity contribution is -0.115. The topological polar surface area (TPSA) is 103 Å². The summed E-state index contributed by atoms with van der Waals surface area (Å²) < 4.78 is 3.79. The lowest BCUT2D eigenvalue weighted by Crippen LogP contribution is -2.40. The number of phenols is 1. The molecule has 2 heterocycles. The third kappa shape index (κ3) is 2.73. The summed E-state index contributed by atoms with van der Waals surface area (Å²) in [6, 6.07) is 3.84. The molecule has 158 valence electrons. The van der Waals surface area contributed by atoms with Gasteiger partial charge in [0.25, 0.3) is 0 Å². The van der Waals surface area contributed by atoms with Gasteiger partial charge in [0.2, 0.25) is 0 Å². The fourth-order valence-electron chi connectivity index (χ4n) is 4.70. The van der Waals surface area contributed by atoms with E-state index in [1.807, 2.05) is 0 Å². The third-order valence-corrected chi connectivity index (χ3v) is 6.91. The highest BCUT2D eigenvalue weighted by Crippen LogP contribution is 2.51. The third-order valence-electron chi connectivity index (χ3n) is 6.09. The first-order valence-corrected chi connectivity index (χ1v) is 10.6. The molecule has 0 spiro atoms. The van der Waals surface area contributed by atoms with Crippen LogP contribution in [0.5, 0.6) is 5.75 Å². The van der Waals surface area contributed by atoms with Gasteiger partial charge in [-0.15, -0.1) is 0 Å². The van der Waals surface area contributed by atoms with Crippen molar-refractivity contribution < 1.29 is 14.7 Å². The van der Waals surface area contributed by atoms with Gasteiger partial charge in [0.05, 0.1) is 17.1 Å². The molecule has 0 amide bonds. The van der Waals surface area contributed by atoms with E-state index in [1.165, 1.54) is 34.6 Å². The molecule has 1 aromatic heterocycles. The van der Waals surface area contributed by atoms with Gasteiger partial charge in [0.1, 0.15) is 5.75 Å². The summed E-state index contributed by atoms with van der Waals surface area (Å²) in [6.45, 7) is 0.128. The normalized spacial score (nSPS) is 22.5. The van der Waals surface area contributed by atoms with Crippen LogP contribution in [0.1, 0.15) is 23.9 Å². The Bertz CT molecular complexity index is 1420. The number of hydrogen-bond acceptors (Lipinski definition) is 5. The molecule has 0 radical (unpaired) electrons. The van der Waals surface area contributed by atoms with Crippen LogP contribution in [0.3, 0.4) is 0 Å². The molecular weight excluding hydrogens is 490 g/mol. The number of carbonyl (C=O) groups is 2. The first-order chi connectivity index (χ1) is 14.7. The molecule has 31 heavy (non-hydrogen) atoms. The Morgan fingerprint density at radius 3 is 2.65 bits per heavy atom. The van der Waals surface area contributed by atoms with Crippen LogP contribution in [-0.2, 0) is 23.2 Å². The van der Waals surface area contributed by atoms with Gasteiger partial charge >= 0.3 is 11.4 Å². The van der Waals surface area contributed by atoms with Crippen molar-refractivity contribution in [3.63, 3.8) is 0 Å². The van der Waals surface area contributed by atoms with E-state index in [0.717, 1.165) is 4.57 Å². The maximum atomic E-state index is 13.0. The van der Waals surface area contributed by atoms with Gasteiger partial charge in [0.15, 0.2) is 11.6 Å². The van der Waals surface area contributed by atoms with Crippen LogP contribution < -0.4 is 11.4 Å². The Balaban J connectivity index is 1.82. The van der Waals surface area contributed by atoms with Crippen LogP contribution in [0.4, 0.5) is 0 Å². The summed E-state index contributed by atoms with van der Waals surface area (Å²) in [5, 5.41) is 11.0. The smallest absolute Gasteiger partial charge is 0.347 e. The van der Waals surface area contributed by atoms with Crippen molar-refractivity contribution in [3.8, 4) is 5.75 Å². The molecule has 1 aliphatic heterocycles. The van der Waals surface area contributed by atoms with Crippen molar-refractivity contribution in [3.05, 3.63) is 83.1 Å². The van der Waals surface area contributed by atoms with Crippen LogP contribution in [-0.4, -0.2) is 30.6 Å².